The van der Waals surface area contributed by atoms with Gasteiger partial charge in [-0.3, -0.25) is 4.79 Å². The molecule has 60 valence electrons. The van der Waals surface area contributed by atoms with Gasteiger partial charge in [0.1, 0.15) is 11.4 Å². The van der Waals surface area contributed by atoms with E-state index >= 15 is 0 Å². The summed E-state index contributed by atoms with van der Waals surface area (Å²) in [5, 5.41) is 0. The molecule has 0 aliphatic rings. The fraction of sp³-hybridized carbons (Fsp3) is 0.111. The Labute approximate surface area is 70.4 Å². The molecule has 0 saturated carbocycles. The minimum absolute atomic E-state index is 0.310. The van der Waals surface area contributed by atoms with Crippen LogP contribution in [-0.2, 0) is 0 Å². The van der Waals surface area contributed by atoms with E-state index in [0.717, 1.165) is 0 Å². The standard InChI is InChI=1S/C9H7NO2/c1-3-8-7(6-11)9(12-2)4-5-10-8/h1,4-6H,2H3. The number of pyridine rings is 1. The lowest BCUT2D eigenvalue weighted by Crippen LogP contribution is -1.96. The zero-order valence-corrected chi connectivity index (χ0v) is 6.57. The molecular weight excluding hydrogens is 154 g/mol. The van der Waals surface area contributed by atoms with E-state index < -0.39 is 0 Å². The first-order chi connectivity index (χ1) is 5.83. The highest BCUT2D eigenvalue weighted by Crippen LogP contribution is 2.16. The Kier molecular flexibility index (Phi) is 2.44. The molecule has 0 bridgehead atoms. The Morgan fingerprint density at radius 3 is 3.00 bits per heavy atom. The second-order valence-corrected chi connectivity index (χ2v) is 2.04. The van der Waals surface area contributed by atoms with Gasteiger partial charge in [0, 0.05) is 6.20 Å². The maximum Gasteiger partial charge on any atom is 0.156 e. The molecule has 0 fully saturated rings. The molecule has 0 aliphatic carbocycles. The topological polar surface area (TPSA) is 39.2 Å². The number of hydrogen-bond donors (Lipinski definition) is 0. The number of aldehydes is 1. The second kappa shape index (κ2) is 3.54. The van der Waals surface area contributed by atoms with Crippen LogP contribution in [0.4, 0.5) is 0 Å². The smallest absolute Gasteiger partial charge is 0.156 e. The molecule has 0 amide bonds. The van der Waals surface area contributed by atoms with Crippen molar-refractivity contribution in [2.45, 2.75) is 0 Å². The first kappa shape index (κ1) is 8.28. The van der Waals surface area contributed by atoms with E-state index in [1.54, 1.807) is 6.07 Å². The molecule has 0 radical (unpaired) electrons. The zero-order chi connectivity index (χ0) is 8.97. The molecule has 3 nitrogen and oxygen atoms in total. The lowest BCUT2D eigenvalue weighted by molar-refractivity contribution is 0.112. The van der Waals surface area contributed by atoms with Crippen LogP contribution in [0.15, 0.2) is 12.3 Å². The molecule has 0 atom stereocenters. The SMILES string of the molecule is C#Cc1nccc(OC)c1C=O. The number of terminal acetylenes is 1. The maximum atomic E-state index is 10.6. The van der Waals surface area contributed by atoms with Crippen LogP contribution in [-0.4, -0.2) is 18.4 Å². The number of carbonyl (C=O) groups is 1. The summed E-state index contributed by atoms with van der Waals surface area (Å²) < 4.78 is 4.91. The largest absolute Gasteiger partial charge is 0.496 e. The van der Waals surface area contributed by atoms with Crippen LogP contribution in [0.3, 0.4) is 0 Å². The lowest BCUT2D eigenvalue weighted by Gasteiger charge is -2.02. The molecule has 1 aromatic heterocycles. The van der Waals surface area contributed by atoms with E-state index in [0.29, 0.717) is 23.3 Å². The molecule has 3 heteroatoms. The quantitative estimate of drug-likeness (QED) is 0.477. The van der Waals surface area contributed by atoms with Crippen molar-refractivity contribution in [1.82, 2.24) is 4.98 Å². The molecule has 0 N–H and O–H groups in total. The number of methoxy groups -OCH3 is 1. The third-order valence-corrected chi connectivity index (χ3v) is 1.42. The van der Waals surface area contributed by atoms with Crippen molar-refractivity contribution in [2.75, 3.05) is 7.11 Å². The molecular formula is C9H7NO2. The number of rotatable bonds is 2. The van der Waals surface area contributed by atoms with Crippen molar-refractivity contribution < 1.29 is 9.53 Å². The fourth-order valence-electron chi connectivity index (χ4n) is 0.862. The van der Waals surface area contributed by atoms with Gasteiger partial charge in [0.25, 0.3) is 0 Å². The third kappa shape index (κ3) is 1.28. The van der Waals surface area contributed by atoms with Gasteiger partial charge in [-0.25, -0.2) is 4.98 Å². The van der Waals surface area contributed by atoms with Crippen molar-refractivity contribution in [3.8, 4) is 18.1 Å². The van der Waals surface area contributed by atoms with Crippen LogP contribution in [0.5, 0.6) is 5.75 Å². The minimum atomic E-state index is 0.310. The predicted molar refractivity (Wildman–Crippen MR) is 44.1 cm³/mol. The number of carbonyl (C=O) groups excluding carboxylic acids is 1. The van der Waals surface area contributed by atoms with Gasteiger partial charge in [-0.15, -0.1) is 6.42 Å². The number of aromatic nitrogens is 1. The maximum absolute atomic E-state index is 10.6. The summed E-state index contributed by atoms with van der Waals surface area (Å²) in [5.74, 6) is 2.75. The summed E-state index contributed by atoms with van der Waals surface area (Å²) in [5.41, 5.74) is 0.631. The van der Waals surface area contributed by atoms with Crippen LogP contribution in [0, 0.1) is 12.3 Å². The average Bonchev–Trinajstić information content (AvgIpc) is 2.16. The molecule has 0 aromatic carbocycles. The normalized spacial score (nSPS) is 8.67. The minimum Gasteiger partial charge on any atom is -0.496 e. The molecule has 1 aromatic rings. The van der Waals surface area contributed by atoms with Gasteiger partial charge < -0.3 is 4.74 Å². The van der Waals surface area contributed by atoms with Gasteiger partial charge in [-0.05, 0) is 12.0 Å². The van der Waals surface area contributed by atoms with Crippen LogP contribution in [0.25, 0.3) is 0 Å². The number of ether oxygens (including phenoxy) is 1. The molecule has 1 heterocycles. The van der Waals surface area contributed by atoms with Crippen molar-refractivity contribution in [2.24, 2.45) is 0 Å². The van der Waals surface area contributed by atoms with Gasteiger partial charge in [-0.1, -0.05) is 0 Å². The molecule has 12 heavy (non-hydrogen) atoms. The van der Waals surface area contributed by atoms with Gasteiger partial charge >= 0.3 is 0 Å². The second-order valence-electron chi connectivity index (χ2n) is 2.04. The highest BCUT2D eigenvalue weighted by molar-refractivity contribution is 5.82. The Morgan fingerprint density at radius 1 is 1.75 bits per heavy atom. The van der Waals surface area contributed by atoms with Gasteiger partial charge in [0.2, 0.25) is 0 Å². The Balaban J connectivity index is 3.34. The predicted octanol–water partition coefficient (Wildman–Crippen LogP) is 0.884. The number of nitrogens with zero attached hydrogens (tertiary/aromatic N) is 1. The molecule has 1 rings (SSSR count). The molecule has 0 saturated heterocycles. The van der Waals surface area contributed by atoms with E-state index in [2.05, 4.69) is 10.9 Å². The van der Waals surface area contributed by atoms with Crippen molar-refractivity contribution in [3.63, 3.8) is 0 Å². The number of hydrogen-bond acceptors (Lipinski definition) is 3. The zero-order valence-electron chi connectivity index (χ0n) is 6.57. The van der Waals surface area contributed by atoms with Crippen LogP contribution < -0.4 is 4.74 Å². The summed E-state index contributed by atoms with van der Waals surface area (Å²) in [6.45, 7) is 0. The lowest BCUT2D eigenvalue weighted by atomic mass is 10.2. The first-order valence-corrected chi connectivity index (χ1v) is 3.28. The van der Waals surface area contributed by atoms with Gasteiger partial charge in [-0.2, -0.15) is 0 Å². The van der Waals surface area contributed by atoms with Crippen molar-refractivity contribution in [3.05, 3.63) is 23.5 Å². The summed E-state index contributed by atoms with van der Waals surface area (Å²) in [4.78, 5) is 14.4. The summed E-state index contributed by atoms with van der Waals surface area (Å²) in [6.07, 6.45) is 7.26. The average molecular weight is 161 g/mol. The van der Waals surface area contributed by atoms with Crippen molar-refractivity contribution in [1.29, 1.82) is 0 Å². The van der Waals surface area contributed by atoms with E-state index in [4.69, 9.17) is 11.2 Å². The van der Waals surface area contributed by atoms with Gasteiger partial charge in [0.15, 0.2) is 6.29 Å². The monoisotopic (exact) mass is 161 g/mol. The third-order valence-electron chi connectivity index (χ3n) is 1.42. The van der Waals surface area contributed by atoms with Gasteiger partial charge in [0.05, 0.1) is 12.7 Å². The molecule has 0 unspecified atom stereocenters. The molecule has 0 aliphatic heterocycles. The van der Waals surface area contributed by atoms with E-state index in [1.807, 2.05) is 0 Å². The van der Waals surface area contributed by atoms with E-state index in [9.17, 15) is 4.79 Å². The fourth-order valence-corrected chi connectivity index (χ4v) is 0.862. The first-order valence-electron chi connectivity index (χ1n) is 3.28. The van der Waals surface area contributed by atoms with Crippen LogP contribution >= 0.6 is 0 Å². The van der Waals surface area contributed by atoms with E-state index in [-0.39, 0.29) is 0 Å². The summed E-state index contributed by atoms with van der Waals surface area (Å²) in [7, 11) is 1.47. The highest BCUT2D eigenvalue weighted by Gasteiger charge is 2.06. The molecule has 0 spiro atoms. The highest BCUT2D eigenvalue weighted by atomic mass is 16.5. The van der Waals surface area contributed by atoms with E-state index in [1.165, 1.54) is 13.3 Å². The summed E-state index contributed by atoms with van der Waals surface area (Å²) >= 11 is 0. The summed E-state index contributed by atoms with van der Waals surface area (Å²) in [6, 6.07) is 1.59. The van der Waals surface area contributed by atoms with Crippen LogP contribution in [0.2, 0.25) is 0 Å². The Morgan fingerprint density at radius 2 is 2.50 bits per heavy atom. The van der Waals surface area contributed by atoms with Crippen LogP contribution in [0.1, 0.15) is 16.1 Å². The Hall–Kier alpha value is -1.82. The Bertz CT molecular complexity index is 339. The van der Waals surface area contributed by atoms with Crippen molar-refractivity contribution >= 4 is 6.29 Å².